The molecule has 0 aliphatic carbocycles. The molecule has 0 heterocycles. The lowest BCUT2D eigenvalue weighted by Gasteiger charge is -2.21. The molecule has 0 saturated heterocycles. The van der Waals surface area contributed by atoms with E-state index >= 15 is 0 Å². The molecule has 0 amide bonds. The Kier molecular flexibility index (Phi) is 6.45. The molecule has 0 aliphatic heterocycles. The number of carboxylic acid groups (broad SMARTS) is 2. The van der Waals surface area contributed by atoms with Crippen molar-refractivity contribution in [2.45, 2.75) is 0 Å². The van der Waals surface area contributed by atoms with E-state index in [4.69, 9.17) is 23.2 Å². The number of rotatable bonds is 6. The minimum absolute atomic E-state index is 0.0647. The van der Waals surface area contributed by atoms with E-state index in [2.05, 4.69) is 0 Å². The molecule has 0 atom stereocenters. The van der Waals surface area contributed by atoms with Crippen molar-refractivity contribution in [2.24, 2.45) is 0 Å². The van der Waals surface area contributed by atoms with Gasteiger partial charge in [0.2, 0.25) is 0 Å². The topological polar surface area (TPSA) is 114 Å². The van der Waals surface area contributed by atoms with Crippen LogP contribution >= 0.6 is 23.2 Å². The summed E-state index contributed by atoms with van der Waals surface area (Å²) in [5, 5.41) is 26.1. The van der Waals surface area contributed by atoms with Gasteiger partial charge in [0.15, 0.2) is 0 Å². The smallest absolute Gasteiger partial charge is 0.252 e. The number of hydrogen-bond donors (Lipinski definition) is 0. The van der Waals surface area contributed by atoms with Gasteiger partial charge in [0.25, 0.3) is 10.5 Å². The molecular formula is C30H14Cl2O6-2. The molecule has 0 unspecified atom stereocenters. The predicted octanol–water partition coefficient (Wildman–Crippen LogP) is 4.81. The summed E-state index contributed by atoms with van der Waals surface area (Å²) in [6, 6.07) is 22.3. The third-order valence-corrected chi connectivity index (χ3v) is 6.80. The van der Waals surface area contributed by atoms with E-state index in [1.807, 2.05) is 0 Å². The summed E-state index contributed by atoms with van der Waals surface area (Å²) in [6.45, 7) is 0. The first kappa shape index (κ1) is 25.1. The summed E-state index contributed by atoms with van der Waals surface area (Å²) in [7, 11) is 0. The van der Waals surface area contributed by atoms with Crippen molar-refractivity contribution in [1.29, 1.82) is 0 Å². The van der Waals surface area contributed by atoms with Crippen LogP contribution in [0.4, 0.5) is 0 Å². The largest absolute Gasteiger partial charge is 0.545 e. The fraction of sp³-hybridized carbons (Fsp3) is 0. The second-order valence-electron chi connectivity index (χ2n) is 8.59. The van der Waals surface area contributed by atoms with Crippen molar-refractivity contribution in [3.63, 3.8) is 0 Å². The van der Waals surface area contributed by atoms with Crippen LogP contribution < -0.4 is 10.2 Å². The van der Waals surface area contributed by atoms with Gasteiger partial charge in [-0.2, -0.15) is 0 Å². The molecule has 0 saturated carbocycles. The van der Waals surface area contributed by atoms with E-state index in [0.717, 1.165) is 0 Å². The fourth-order valence-corrected chi connectivity index (χ4v) is 4.82. The first-order chi connectivity index (χ1) is 18.1. The van der Waals surface area contributed by atoms with Gasteiger partial charge in [-0.3, -0.25) is 9.59 Å². The maximum atomic E-state index is 12.5. The number of carboxylic acids is 2. The van der Waals surface area contributed by atoms with Crippen molar-refractivity contribution < 1.29 is 29.4 Å². The summed E-state index contributed by atoms with van der Waals surface area (Å²) in [5.41, 5.74) is 0.974. The molecule has 5 aromatic rings. The molecule has 5 aromatic carbocycles. The van der Waals surface area contributed by atoms with Crippen molar-refractivity contribution in [2.75, 3.05) is 0 Å². The molecule has 0 spiro atoms. The van der Waals surface area contributed by atoms with Crippen LogP contribution in [-0.4, -0.2) is 22.4 Å². The summed E-state index contributed by atoms with van der Waals surface area (Å²) >= 11 is 11.1. The van der Waals surface area contributed by atoms with E-state index in [1.165, 1.54) is 18.2 Å². The highest BCUT2D eigenvalue weighted by molar-refractivity contribution is 6.68. The van der Waals surface area contributed by atoms with Gasteiger partial charge in [0, 0.05) is 27.8 Å². The van der Waals surface area contributed by atoms with Gasteiger partial charge in [-0.1, -0.05) is 48.5 Å². The number of carbonyl (C=O) groups excluding carboxylic acids is 4. The van der Waals surface area contributed by atoms with Crippen LogP contribution in [0, 0.1) is 0 Å². The minimum atomic E-state index is -1.57. The minimum Gasteiger partial charge on any atom is -0.545 e. The Bertz CT molecular complexity index is 1840. The second kappa shape index (κ2) is 9.74. The van der Waals surface area contributed by atoms with Crippen LogP contribution in [0.1, 0.15) is 41.4 Å². The molecule has 6 nitrogen and oxygen atoms in total. The molecule has 0 radical (unpaired) electrons. The molecule has 0 bridgehead atoms. The van der Waals surface area contributed by atoms with Gasteiger partial charge in [-0.05, 0) is 97.8 Å². The molecular weight excluding hydrogens is 527 g/mol. The first-order valence-electron chi connectivity index (χ1n) is 11.2. The standard InChI is InChI=1S/C30H16Cl2O6/c31-27(33)21-7-3-15-11-19(5-1-17(15)13-21)23-9-10-24(29(35)36)25(26(23)30(37)38)20-6-2-18-14-22(28(32)34)8-4-16(18)12-20/h1-14H,(H,35,36)(H,37,38)/p-2. The average molecular weight is 541 g/mol. The highest BCUT2D eigenvalue weighted by Crippen LogP contribution is 2.37. The van der Waals surface area contributed by atoms with Gasteiger partial charge >= 0.3 is 0 Å². The summed E-state index contributed by atoms with van der Waals surface area (Å²) in [4.78, 5) is 47.6. The van der Waals surface area contributed by atoms with E-state index in [1.54, 1.807) is 66.7 Å². The third kappa shape index (κ3) is 4.52. The second-order valence-corrected chi connectivity index (χ2v) is 9.27. The van der Waals surface area contributed by atoms with Crippen molar-refractivity contribution in [3.8, 4) is 22.3 Å². The molecule has 0 aromatic heterocycles. The zero-order chi connectivity index (χ0) is 27.1. The van der Waals surface area contributed by atoms with Crippen LogP contribution in [0.2, 0.25) is 0 Å². The Morgan fingerprint density at radius 3 is 1.50 bits per heavy atom. The highest BCUT2D eigenvalue weighted by atomic mass is 35.5. The van der Waals surface area contributed by atoms with Gasteiger partial charge in [0.05, 0.1) is 11.9 Å². The average Bonchev–Trinajstić information content (AvgIpc) is 2.90. The number of hydrogen-bond acceptors (Lipinski definition) is 6. The van der Waals surface area contributed by atoms with Gasteiger partial charge in [0.1, 0.15) is 0 Å². The SMILES string of the molecule is O=C(Cl)c1ccc2cc(-c3ccc(C(=O)[O-])c(-c4ccc5cc(C(=O)Cl)ccc5c4)c3C(=O)[O-])ccc2c1. The number of benzene rings is 5. The Labute approximate surface area is 225 Å². The van der Waals surface area contributed by atoms with Crippen LogP contribution in [-0.2, 0) is 0 Å². The monoisotopic (exact) mass is 540 g/mol. The normalized spacial score (nSPS) is 11.0. The quantitative estimate of drug-likeness (QED) is 0.285. The number of fused-ring (bicyclic) bond motifs is 2. The number of carbonyl (C=O) groups is 4. The Balaban J connectivity index is 1.74. The predicted molar refractivity (Wildman–Crippen MR) is 141 cm³/mol. The lowest BCUT2D eigenvalue weighted by atomic mass is 9.87. The lowest BCUT2D eigenvalue weighted by molar-refractivity contribution is -0.255. The third-order valence-electron chi connectivity index (χ3n) is 6.36. The molecule has 0 aliphatic rings. The van der Waals surface area contributed by atoms with Crippen LogP contribution in [0.15, 0.2) is 84.9 Å². The van der Waals surface area contributed by atoms with Crippen LogP contribution in [0.5, 0.6) is 0 Å². The van der Waals surface area contributed by atoms with Crippen molar-refractivity contribution in [3.05, 3.63) is 107 Å². The lowest BCUT2D eigenvalue weighted by Crippen LogP contribution is -2.28. The van der Waals surface area contributed by atoms with E-state index in [-0.39, 0.29) is 22.3 Å². The molecule has 8 heteroatoms. The molecule has 5 rings (SSSR count). The Morgan fingerprint density at radius 1 is 0.526 bits per heavy atom. The number of halogens is 2. The highest BCUT2D eigenvalue weighted by Gasteiger charge is 2.19. The molecule has 186 valence electrons. The van der Waals surface area contributed by atoms with Crippen molar-refractivity contribution in [1.82, 2.24) is 0 Å². The number of aromatic carboxylic acids is 2. The first-order valence-corrected chi connectivity index (χ1v) is 12.0. The van der Waals surface area contributed by atoms with E-state index < -0.39 is 22.4 Å². The molecule has 0 N–H and O–H groups in total. The van der Waals surface area contributed by atoms with Crippen molar-refractivity contribution >= 4 is 67.2 Å². The summed E-state index contributed by atoms with van der Waals surface area (Å²) in [6.07, 6.45) is 0. The van der Waals surface area contributed by atoms with E-state index in [9.17, 15) is 29.4 Å². The van der Waals surface area contributed by atoms with Gasteiger partial charge in [-0.15, -0.1) is 0 Å². The molecule has 38 heavy (non-hydrogen) atoms. The Hall–Kier alpha value is -4.52. The fourth-order valence-electron chi connectivity index (χ4n) is 4.58. The summed E-state index contributed by atoms with van der Waals surface area (Å²) in [5.74, 6) is -3.11. The summed E-state index contributed by atoms with van der Waals surface area (Å²) < 4.78 is 0. The Morgan fingerprint density at radius 2 is 1.00 bits per heavy atom. The molecule has 0 fully saturated rings. The maximum Gasteiger partial charge on any atom is 0.252 e. The van der Waals surface area contributed by atoms with Gasteiger partial charge < -0.3 is 19.8 Å². The van der Waals surface area contributed by atoms with Gasteiger partial charge in [-0.25, -0.2) is 0 Å². The zero-order valence-electron chi connectivity index (χ0n) is 19.3. The maximum absolute atomic E-state index is 12.5. The van der Waals surface area contributed by atoms with Crippen LogP contribution in [0.3, 0.4) is 0 Å². The van der Waals surface area contributed by atoms with E-state index in [0.29, 0.717) is 43.8 Å². The zero-order valence-corrected chi connectivity index (χ0v) is 20.8. The van der Waals surface area contributed by atoms with Crippen LogP contribution in [0.25, 0.3) is 43.8 Å².